The van der Waals surface area contributed by atoms with Gasteiger partial charge in [-0.25, -0.2) is 9.59 Å². The highest BCUT2D eigenvalue weighted by Crippen LogP contribution is 2.13. The van der Waals surface area contributed by atoms with Crippen molar-refractivity contribution < 1.29 is 29.3 Å². The molecule has 1 aromatic carbocycles. The van der Waals surface area contributed by atoms with Gasteiger partial charge < -0.3 is 25.6 Å². The number of amides is 1. The van der Waals surface area contributed by atoms with Crippen LogP contribution >= 0.6 is 0 Å². The summed E-state index contributed by atoms with van der Waals surface area (Å²) < 4.78 is 5.43. The zero-order valence-corrected chi connectivity index (χ0v) is 15.7. The van der Waals surface area contributed by atoms with Crippen LogP contribution in [0.25, 0.3) is 0 Å². The summed E-state index contributed by atoms with van der Waals surface area (Å²) in [6.07, 6.45) is 1.18. The van der Waals surface area contributed by atoms with Crippen molar-refractivity contribution in [2.75, 3.05) is 25.0 Å². The van der Waals surface area contributed by atoms with E-state index in [-0.39, 0.29) is 12.0 Å². The molecule has 26 heavy (non-hydrogen) atoms. The molecule has 0 bridgehead atoms. The molecule has 1 rings (SSSR count). The van der Waals surface area contributed by atoms with Gasteiger partial charge in [-0.1, -0.05) is 6.07 Å². The van der Waals surface area contributed by atoms with E-state index in [2.05, 4.69) is 17.6 Å². The van der Waals surface area contributed by atoms with Crippen molar-refractivity contribution in [2.24, 2.45) is 0 Å². The van der Waals surface area contributed by atoms with Gasteiger partial charge in [-0.3, -0.25) is 4.79 Å². The van der Waals surface area contributed by atoms with Crippen molar-refractivity contribution in [3.63, 3.8) is 0 Å². The number of carboxylic acid groups (broad SMARTS) is 2. The monoisotopic (exact) mass is 368 g/mol. The highest BCUT2D eigenvalue weighted by Gasteiger charge is 2.04. The first-order valence-corrected chi connectivity index (χ1v) is 8.29. The number of carbonyl (C=O) groups excluding carboxylic acids is 1. The maximum atomic E-state index is 11.7. The minimum absolute atomic E-state index is 0.0157. The summed E-state index contributed by atoms with van der Waals surface area (Å²) in [6, 6.07) is 5.93. The van der Waals surface area contributed by atoms with Crippen LogP contribution < -0.4 is 10.6 Å². The molecule has 1 amide bonds. The van der Waals surface area contributed by atoms with Gasteiger partial charge in [-0.2, -0.15) is 0 Å². The lowest BCUT2D eigenvalue weighted by Crippen LogP contribution is -2.29. The number of ether oxygens (including phenoxy) is 1. The molecular formula is C18H28N2O6. The Morgan fingerprint density at radius 3 is 2.19 bits per heavy atom. The van der Waals surface area contributed by atoms with Crippen LogP contribution in [0.3, 0.4) is 0 Å². The van der Waals surface area contributed by atoms with Gasteiger partial charge in [-0.15, -0.1) is 0 Å². The molecule has 4 N–H and O–H groups in total. The average Bonchev–Trinajstić information content (AvgIpc) is 2.54. The molecule has 146 valence electrons. The van der Waals surface area contributed by atoms with Gasteiger partial charge in [0.05, 0.1) is 12.6 Å². The third-order valence-corrected chi connectivity index (χ3v) is 3.21. The van der Waals surface area contributed by atoms with E-state index >= 15 is 0 Å². The Hall–Kier alpha value is -2.45. The Bertz CT molecular complexity index is 589. The summed E-state index contributed by atoms with van der Waals surface area (Å²) >= 11 is 0. The summed E-state index contributed by atoms with van der Waals surface area (Å²) in [6.45, 7) is 9.97. The number of carbonyl (C=O) groups is 3. The highest BCUT2D eigenvalue weighted by molar-refractivity contribution is 6.27. The van der Waals surface area contributed by atoms with Gasteiger partial charge in [0.15, 0.2) is 0 Å². The lowest BCUT2D eigenvalue weighted by atomic mass is 10.1. The van der Waals surface area contributed by atoms with Crippen LogP contribution in [0, 0.1) is 13.8 Å². The third-order valence-electron chi connectivity index (χ3n) is 3.21. The SMILES string of the molecule is Cc1ccc(NC(=O)CNCCCOC(C)C)cc1C.O=C(O)C(=O)O. The molecule has 1 aromatic rings. The van der Waals surface area contributed by atoms with Crippen LogP contribution in [0.1, 0.15) is 31.4 Å². The van der Waals surface area contributed by atoms with Crippen molar-refractivity contribution in [1.82, 2.24) is 5.32 Å². The summed E-state index contributed by atoms with van der Waals surface area (Å²) in [5, 5.41) is 20.8. The van der Waals surface area contributed by atoms with Crippen molar-refractivity contribution >= 4 is 23.5 Å². The van der Waals surface area contributed by atoms with Crippen molar-refractivity contribution in [2.45, 2.75) is 40.2 Å². The summed E-state index contributed by atoms with van der Waals surface area (Å²) in [7, 11) is 0. The van der Waals surface area contributed by atoms with Crippen molar-refractivity contribution in [3.8, 4) is 0 Å². The molecule has 0 atom stereocenters. The average molecular weight is 368 g/mol. The second kappa shape index (κ2) is 12.8. The Morgan fingerprint density at radius 2 is 1.69 bits per heavy atom. The van der Waals surface area contributed by atoms with Gasteiger partial charge in [0.1, 0.15) is 0 Å². The van der Waals surface area contributed by atoms with E-state index in [0.29, 0.717) is 6.54 Å². The van der Waals surface area contributed by atoms with Gasteiger partial charge in [-0.05, 0) is 63.9 Å². The van der Waals surface area contributed by atoms with Crippen LogP contribution in [0.2, 0.25) is 0 Å². The lowest BCUT2D eigenvalue weighted by molar-refractivity contribution is -0.159. The second-order valence-electron chi connectivity index (χ2n) is 5.91. The standard InChI is InChI=1S/C16H26N2O2.C2H2O4/c1-12(2)20-9-5-8-17-11-16(19)18-15-7-6-13(3)14(4)10-15;3-1(4)2(5)6/h6-7,10,12,17H,5,8-9,11H2,1-4H3,(H,18,19);(H,3,4)(H,5,6). The van der Waals surface area contributed by atoms with Crippen molar-refractivity contribution in [1.29, 1.82) is 0 Å². The predicted octanol–water partition coefficient (Wildman–Crippen LogP) is 1.80. The highest BCUT2D eigenvalue weighted by atomic mass is 16.5. The third kappa shape index (κ3) is 12.0. The Kier molecular flexibility index (Phi) is 11.6. The van der Waals surface area contributed by atoms with E-state index in [4.69, 9.17) is 24.5 Å². The van der Waals surface area contributed by atoms with Crippen LogP contribution in [-0.4, -0.2) is 53.9 Å². The van der Waals surface area contributed by atoms with E-state index in [9.17, 15) is 4.79 Å². The number of aliphatic carboxylic acids is 2. The fraction of sp³-hybridized carbons (Fsp3) is 0.500. The normalized spacial score (nSPS) is 10.0. The molecule has 0 aliphatic rings. The number of nitrogens with one attached hydrogen (secondary N) is 2. The zero-order valence-electron chi connectivity index (χ0n) is 15.7. The topological polar surface area (TPSA) is 125 Å². The first-order chi connectivity index (χ1) is 12.1. The molecule has 8 nitrogen and oxygen atoms in total. The minimum Gasteiger partial charge on any atom is -0.473 e. The van der Waals surface area contributed by atoms with Crippen LogP contribution in [-0.2, 0) is 19.1 Å². The Morgan fingerprint density at radius 1 is 1.08 bits per heavy atom. The molecule has 8 heteroatoms. The van der Waals surface area contributed by atoms with Crippen LogP contribution in [0.5, 0.6) is 0 Å². The fourth-order valence-electron chi connectivity index (χ4n) is 1.74. The van der Waals surface area contributed by atoms with E-state index in [1.54, 1.807) is 0 Å². The van der Waals surface area contributed by atoms with Gasteiger partial charge in [0.25, 0.3) is 0 Å². The number of anilines is 1. The molecule has 0 saturated carbocycles. The largest absolute Gasteiger partial charge is 0.473 e. The van der Waals surface area contributed by atoms with Gasteiger partial charge in [0, 0.05) is 12.3 Å². The Balaban J connectivity index is 0.000000896. The number of carboxylic acids is 2. The van der Waals surface area contributed by atoms with E-state index < -0.39 is 11.9 Å². The van der Waals surface area contributed by atoms with E-state index in [1.165, 1.54) is 11.1 Å². The summed E-state index contributed by atoms with van der Waals surface area (Å²) in [5.41, 5.74) is 3.26. The molecule has 0 heterocycles. The number of benzene rings is 1. The molecule has 0 aromatic heterocycles. The molecule has 0 spiro atoms. The summed E-state index contributed by atoms with van der Waals surface area (Å²) in [4.78, 5) is 29.9. The molecule has 0 radical (unpaired) electrons. The maximum absolute atomic E-state index is 11.7. The first-order valence-electron chi connectivity index (χ1n) is 8.29. The second-order valence-corrected chi connectivity index (χ2v) is 5.91. The van der Waals surface area contributed by atoms with E-state index in [1.807, 2.05) is 39.0 Å². The molecule has 0 fully saturated rings. The number of hydrogen-bond acceptors (Lipinski definition) is 5. The molecule has 0 saturated heterocycles. The first kappa shape index (κ1) is 23.5. The predicted molar refractivity (Wildman–Crippen MR) is 98.4 cm³/mol. The van der Waals surface area contributed by atoms with Crippen molar-refractivity contribution in [3.05, 3.63) is 29.3 Å². The fourth-order valence-corrected chi connectivity index (χ4v) is 1.74. The Labute approximate surface area is 153 Å². The minimum atomic E-state index is -1.82. The molecule has 0 unspecified atom stereocenters. The van der Waals surface area contributed by atoms with E-state index in [0.717, 1.165) is 25.3 Å². The summed E-state index contributed by atoms with van der Waals surface area (Å²) in [5.74, 6) is -3.66. The van der Waals surface area contributed by atoms with Gasteiger partial charge >= 0.3 is 11.9 Å². The van der Waals surface area contributed by atoms with Crippen LogP contribution in [0.4, 0.5) is 5.69 Å². The smallest absolute Gasteiger partial charge is 0.414 e. The lowest BCUT2D eigenvalue weighted by Gasteiger charge is -2.09. The quantitative estimate of drug-likeness (QED) is 0.407. The van der Waals surface area contributed by atoms with Crippen LogP contribution in [0.15, 0.2) is 18.2 Å². The number of hydrogen-bond donors (Lipinski definition) is 4. The van der Waals surface area contributed by atoms with Gasteiger partial charge in [0.2, 0.25) is 5.91 Å². The molecule has 0 aliphatic heterocycles. The number of aryl methyl sites for hydroxylation is 2. The number of rotatable bonds is 8. The molecule has 0 aliphatic carbocycles. The maximum Gasteiger partial charge on any atom is 0.414 e. The molecular weight excluding hydrogens is 340 g/mol. The zero-order chi connectivity index (χ0) is 20.1.